The van der Waals surface area contributed by atoms with Crippen molar-refractivity contribution in [2.45, 2.75) is 39.5 Å². The van der Waals surface area contributed by atoms with Gasteiger partial charge in [0.2, 0.25) is 5.89 Å². The summed E-state index contributed by atoms with van der Waals surface area (Å²) < 4.78 is 11.5. The van der Waals surface area contributed by atoms with Crippen molar-refractivity contribution in [3.8, 4) is 17.2 Å². The molecule has 5 nitrogen and oxygen atoms in total. The second-order valence-electron chi connectivity index (χ2n) is 7.96. The lowest BCUT2D eigenvalue weighted by Gasteiger charge is -2.07. The number of carbonyl (C=O) groups is 1. The van der Waals surface area contributed by atoms with Crippen LogP contribution in [0.25, 0.3) is 22.6 Å². The van der Waals surface area contributed by atoms with Crippen LogP contribution in [0.2, 0.25) is 0 Å². The van der Waals surface area contributed by atoms with Crippen molar-refractivity contribution < 1.29 is 13.9 Å². The van der Waals surface area contributed by atoms with E-state index in [-0.39, 0.29) is 5.91 Å². The molecule has 0 aliphatic rings. The van der Waals surface area contributed by atoms with Crippen LogP contribution in [0.5, 0.6) is 5.75 Å². The number of hydrogen-bond acceptors (Lipinski definition) is 4. The fourth-order valence-corrected chi connectivity index (χ4v) is 3.43. The monoisotopic (exact) mass is 428 g/mol. The normalized spacial score (nSPS) is 12.0. The molecule has 1 N–H and O–H groups in total. The zero-order valence-electron chi connectivity index (χ0n) is 18.7. The Kier molecular flexibility index (Phi) is 6.55. The summed E-state index contributed by atoms with van der Waals surface area (Å²) in [5, 5.41) is 2.92. The minimum atomic E-state index is -0.167. The van der Waals surface area contributed by atoms with E-state index < -0.39 is 0 Å². The number of amides is 1. The van der Waals surface area contributed by atoms with Gasteiger partial charge in [-0.3, -0.25) is 4.79 Å². The molecule has 0 aliphatic heterocycles. The van der Waals surface area contributed by atoms with Gasteiger partial charge in [-0.15, -0.1) is 0 Å². The van der Waals surface area contributed by atoms with Gasteiger partial charge in [0, 0.05) is 16.8 Å². The number of ether oxygens (including phenoxy) is 1. The number of hydrogen-bond donors (Lipinski definition) is 1. The summed E-state index contributed by atoms with van der Waals surface area (Å²) in [4.78, 5) is 17.2. The Morgan fingerprint density at radius 1 is 1.03 bits per heavy atom. The molecular weight excluding hydrogens is 400 g/mol. The van der Waals surface area contributed by atoms with Gasteiger partial charge in [0.15, 0.2) is 5.58 Å². The fraction of sp³-hybridized carbons (Fsp3) is 0.259. The molecule has 0 saturated carbocycles. The SMILES string of the molecule is CCCOc1ccc(C(=O)Nc2ccc(-c3nc4cc(C(C)CC)ccc4o3)cc2)cc1. The highest BCUT2D eigenvalue weighted by molar-refractivity contribution is 6.04. The van der Waals surface area contributed by atoms with E-state index in [0.29, 0.717) is 29.7 Å². The zero-order chi connectivity index (χ0) is 22.5. The highest BCUT2D eigenvalue weighted by Crippen LogP contribution is 2.28. The number of carbonyl (C=O) groups excluding carboxylic acids is 1. The third kappa shape index (κ3) is 4.83. The van der Waals surface area contributed by atoms with Gasteiger partial charge in [-0.2, -0.15) is 0 Å². The molecule has 4 rings (SSSR count). The molecule has 0 saturated heterocycles. The number of nitrogens with zero attached hydrogens (tertiary/aromatic N) is 1. The number of fused-ring (bicyclic) bond motifs is 1. The van der Waals surface area contributed by atoms with E-state index in [9.17, 15) is 4.79 Å². The maximum absolute atomic E-state index is 12.5. The van der Waals surface area contributed by atoms with Crippen LogP contribution >= 0.6 is 0 Å². The summed E-state index contributed by atoms with van der Waals surface area (Å²) in [5.74, 6) is 1.66. The van der Waals surface area contributed by atoms with Crippen LogP contribution in [0.3, 0.4) is 0 Å². The summed E-state index contributed by atoms with van der Waals surface area (Å²) in [6.07, 6.45) is 2.03. The molecule has 1 heterocycles. The summed E-state index contributed by atoms with van der Waals surface area (Å²) in [7, 11) is 0. The van der Waals surface area contributed by atoms with E-state index in [1.807, 2.05) is 42.5 Å². The van der Waals surface area contributed by atoms with Crippen molar-refractivity contribution in [3.63, 3.8) is 0 Å². The molecule has 1 atom stereocenters. The first-order chi connectivity index (χ1) is 15.6. The molecule has 0 fully saturated rings. The van der Waals surface area contributed by atoms with Crippen molar-refractivity contribution >= 4 is 22.7 Å². The Hall–Kier alpha value is -3.60. The first kappa shape index (κ1) is 21.6. The number of aromatic nitrogens is 1. The molecule has 5 heteroatoms. The van der Waals surface area contributed by atoms with Crippen LogP contribution in [-0.2, 0) is 0 Å². The molecule has 3 aromatic carbocycles. The van der Waals surface area contributed by atoms with Gasteiger partial charge in [-0.05, 0) is 85.0 Å². The number of rotatable bonds is 8. The molecule has 0 radical (unpaired) electrons. The van der Waals surface area contributed by atoms with Crippen molar-refractivity contribution in [2.24, 2.45) is 0 Å². The van der Waals surface area contributed by atoms with E-state index in [4.69, 9.17) is 9.15 Å². The molecule has 1 amide bonds. The third-order valence-corrected chi connectivity index (χ3v) is 5.57. The minimum absolute atomic E-state index is 0.167. The quantitative estimate of drug-likeness (QED) is 0.327. The lowest BCUT2D eigenvalue weighted by molar-refractivity contribution is 0.102. The molecule has 0 spiro atoms. The predicted octanol–water partition coefficient (Wildman–Crippen LogP) is 7.05. The number of anilines is 1. The van der Waals surface area contributed by atoms with Gasteiger partial charge >= 0.3 is 0 Å². The number of oxazole rings is 1. The molecule has 0 aliphatic carbocycles. The van der Waals surface area contributed by atoms with Crippen molar-refractivity contribution in [3.05, 3.63) is 77.9 Å². The van der Waals surface area contributed by atoms with E-state index in [2.05, 4.69) is 43.2 Å². The van der Waals surface area contributed by atoms with Crippen LogP contribution in [0, 0.1) is 0 Å². The molecule has 1 unspecified atom stereocenters. The lowest BCUT2D eigenvalue weighted by Crippen LogP contribution is -2.11. The van der Waals surface area contributed by atoms with Gasteiger partial charge in [0.25, 0.3) is 5.91 Å². The smallest absolute Gasteiger partial charge is 0.255 e. The van der Waals surface area contributed by atoms with E-state index in [1.165, 1.54) is 5.56 Å². The van der Waals surface area contributed by atoms with Crippen LogP contribution < -0.4 is 10.1 Å². The van der Waals surface area contributed by atoms with Gasteiger partial charge in [0.05, 0.1) is 6.61 Å². The predicted molar refractivity (Wildman–Crippen MR) is 128 cm³/mol. The summed E-state index contributed by atoms with van der Waals surface area (Å²) in [6.45, 7) is 7.11. The maximum atomic E-state index is 12.5. The van der Waals surface area contributed by atoms with E-state index in [1.54, 1.807) is 12.1 Å². The molecule has 32 heavy (non-hydrogen) atoms. The molecule has 164 valence electrons. The standard InChI is InChI=1S/C27H28N2O3/c1-4-16-31-23-13-8-19(9-14-23)26(30)28-22-11-6-20(7-12-22)27-29-24-17-21(18(3)5-2)10-15-25(24)32-27/h6-15,17-18H,4-5,16H2,1-3H3,(H,28,30). The Labute approximate surface area is 188 Å². The highest BCUT2D eigenvalue weighted by Gasteiger charge is 2.12. The average Bonchev–Trinajstić information content (AvgIpc) is 3.26. The van der Waals surface area contributed by atoms with Gasteiger partial charge < -0.3 is 14.5 Å². The van der Waals surface area contributed by atoms with Crippen molar-refractivity contribution in [1.82, 2.24) is 4.98 Å². The Morgan fingerprint density at radius 2 is 1.78 bits per heavy atom. The molecule has 1 aromatic heterocycles. The largest absolute Gasteiger partial charge is 0.494 e. The van der Waals surface area contributed by atoms with Crippen LogP contribution in [0.15, 0.2) is 71.1 Å². The Bertz CT molecular complexity index is 1190. The molecular formula is C27H28N2O3. The first-order valence-electron chi connectivity index (χ1n) is 11.1. The highest BCUT2D eigenvalue weighted by atomic mass is 16.5. The van der Waals surface area contributed by atoms with Gasteiger partial charge in [-0.1, -0.05) is 26.8 Å². The van der Waals surface area contributed by atoms with Crippen molar-refractivity contribution in [1.29, 1.82) is 0 Å². The summed E-state index contributed by atoms with van der Waals surface area (Å²) >= 11 is 0. The summed E-state index contributed by atoms with van der Waals surface area (Å²) in [6, 6.07) is 20.9. The Balaban J connectivity index is 1.45. The maximum Gasteiger partial charge on any atom is 0.255 e. The van der Waals surface area contributed by atoms with Crippen LogP contribution in [-0.4, -0.2) is 17.5 Å². The first-order valence-corrected chi connectivity index (χ1v) is 11.1. The van der Waals surface area contributed by atoms with E-state index in [0.717, 1.165) is 35.3 Å². The van der Waals surface area contributed by atoms with Gasteiger partial charge in [-0.25, -0.2) is 4.98 Å². The summed E-state index contributed by atoms with van der Waals surface area (Å²) in [5.41, 5.74) is 5.05. The topological polar surface area (TPSA) is 64.4 Å². The van der Waals surface area contributed by atoms with Crippen LogP contribution in [0.1, 0.15) is 55.5 Å². The second-order valence-corrected chi connectivity index (χ2v) is 7.96. The van der Waals surface area contributed by atoms with Crippen molar-refractivity contribution in [2.75, 3.05) is 11.9 Å². The average molecular weight is 429 g/mol. The van der Waals surface area contributed by atoms with E-state index >= 15 is 0 Å². The van der Waals surface area contributed by atoms with Gasteiger partial charge in [0.1, 0.15) is 11.3 Å². The van der Waals surface area contributed by atoms with Crippen LogP contribution in [0.4, 0.5) is 5.69 Å². The minimum Gasteiger partial charge on any atom is -0.494 e. The third-order valence-electron chi connectivity index (χ3n) is 5.57. The number of benzene rings is 3. The lowest BCUT2D eigenvalue weighted by atomic mass is 9.98. The molecule has 0 bridgehead atoms. The molecule has 4 aromatic rings. The second kappa shape index (κ2) is 9.69. The Morgan fingerprint density at radius 3 is 2.47 bits per heavy atom. The number of nitrogens with one attached hydrogen (secondary N) is 1. The zero-order valence-corrected chi connectivity index (χ0v) is 18.7. The fourth-order valence-electron chi connectivity index (χ4n) is 3.43.